The van der Waals surface area contributed by atoms with Crippen LogP contribution in [0.3, 0.4) is 0 Å². The number of aromatic nitrogens is 3. The number of carbonyl (C=O) groups excluding carboxylic acids is 1. The molecule has 2 N–H and O–H groups in total. The van der Waals surface area contributed by atoms with Crippen molar-refractivity contribution in [3.05, 3.63) is 30.2 Å². The maximum absolute atomic E-state index is 12.3. The van der Waals surface area contributed by atoms with Crippen LogP contribution in [0.2, 0.25) is 0 Å². The molecule has 2 atom stereocenters. The van der Waals surface area contributed by atoms with E-state index in [1.54, 1.807) is 17.1 Å². The van der Waals surface area contributed by atoms with Crippen molar-refractivity contribution in [2.45, 2.75) is 32.3 Å². The molecular formula is C16H20N4O2. The van der Waals surface area contributed by atoms with Gasteiger partial charge in [-0.1, -0.05) is 6.92 Å². The minimum Gasteiger partial charge on any atom is -0.387 e. The van der Waals surface area contributed by atoms with Gasteiger partial charge >= 0.3 is 0 Å². The van der Waals surface area contributed by atoms with Crippen molar-refractivity contribution in [3.8, 4) is 11.3 Å². The van der Waals surface area contributed by atoms with Crippen LogP contribution < -0.4 is 5.32 Å². The van der Waals surface area contributed by atoms with E-state index in [2.05, 4.69) is 15.4 Å². The minimum absolute atomic E-state index is 0.0152. The minimum atomic E-state index is -0.605. The van der Waals surface area contributed by atoms with Crippen LogP contribution >= 0.6 is 0 Å². The van der Waals surface area contributed by atoms with E-state index in [0.717, 1.165) is 24.1 Å². The second-order valence-electron chi connectivity index (χ2n) is 5.84. The van der Waals surface area contributed by atoms with Gasteiger partial charge in [0.25, 0.3) is 0 Å². The first-order valence-electron chi connectivity index (χ1n) is 7.53. The van der Waals surface area contributed by atoms with Crippen LogP contribution in [0.25, 0.3) is 11.3 Å². The Morgan fingerprint density at radius 1 is 1.41 bits per heavy atom. The zero-order valence-corrected chi connectivity index (χ0v) is 12.8. The number of carbonyl (C=O) groups is 1. The van der Waals surface area contributed by atoms with Crippen molar-refractivity contribution in [3.63, 3.8) is 0 Å². The van der Waals surface area contributed by atoms with E-state index in [4.69, 9.17) is 0 Å². The van der Waals surface area contributed by atoms with Crippen LogP contribution in [0.1, 0.15) is 38.0 Å². The first-order chi connectivity index (χ1) is 10.6. The summed E-state index contributed by atoms with van der Waals surface area (Å²) < 4.78 is 1.72. The third kappa shape index (κ3) is 2.74. The van der Waals surface area contributed by atoms with Gasteiger partial charge in [0.1, 0.15) is 0 Å². The fourth-order valence-electron chi connectivity index (χ4n) is 2.80. The molecule has 0 saturated heterocycles. The Morgan fingerprint density at radius 3 is 3.05 bits per heavy atom. The maximum Gasteiger partial charge on any atom is 0.227 e. The summed E-state index contributed by atoms with van der Waals surface area (Å²) in [6, 6.07) is 3.72. The fourth-order valence-corrected chi connectivity index (χ4v) is 2.80. The number of hydrogen-bond donors (Lipinski definition) is 2. The fraction of sp³-hybridized carbons (Fsp3) is 0.438. The van der Waals surface area contributed by atoms with Gasteiger partial charge in [-0.15, -0.1) is 0 Å². The van der Waals surface area contributed by atoms with Gasteiger partial charge in [0, 0.05) is 24.7 Å². The van der Waals surface area contributed by atoms with E-state index in [1.807, 2.05) is 26.1 Å². The Hall–Kier alpha value is -2.21. The Bertz CT molecular complexity index is 695. The van der Waals surface area contributed by atoms with E-state index in [1.165, 1.54) is 0 Å². The van der Waals surface area contributed by atoms with E-state index >= 15 is 0 Å². The van der Waals surface area contributed by atoms with Gasteiger partial charge < -0.3 is 10.4 Å². The lowest BCUT2D eigenvalue weighted by atomic mass is 9.98. The molecular weight excluding hydrogens is 280 g/mol. The van der Waals surface area contributed by atoms with E-state index in [-0.39, 0.29) is 11.8 Å². The van der Waals surface area contributed by atoms with Gasteiger partial charge in [-0.2, -0.15) is 5.10 Å². The molecule has 0 radical (unpaired) electrons. The van der Waals surface area contributed by atoms with Crippen molar-refractivity contribution < 1.29 is 9.90 Å². The predicted octanol–water partition coefficient (Wildman–Crippen LogP) is 2.27. The molecule has 3 rings (SSSR count). The van der Waals surface area contributed by atoms with Crippen LogP contribution in [0.15, 0.2) is 24.5 Å². The predicted molar refractivity (Wildman–Crippen MR) is 83.0 cm³/mol. The zero-order valence-electron chi connectivity index (χ0n) is 12.8. The van der Waals surface area contributed by atoms with E-state index in [9.17, 15) is 9.90 Å². The van der Waals surface area contributed by atoms with E-state index in [0.29, 0.717) is 17.8 Å². The van der Waals surface area contributed by atoms with Crippen molar-refractivity contribution in [2.24, 2.45) is 13.0 Å². The number of amides is 1. The Balaban J connectivity index is 2.10. The zero-order chi connectivity index (χ0) is 15.7. The van der Waals surface area contributed by atoms with Crippen LogP contribution in [0, 0.1) is 5.92 Å². The highest BCUT2D eigenvalue weighted by molar-refractivity contribution is 5.95. The number of aliphatic hydroxyl groups excluding tert-OH is 1. The lowest BCUT2D eigenvalue weighted by Crippen LogP contribution is -2.21. The van der Waals surface area contributed by atoms with Gasteiger partial charge in [-0.05, 0) is 31.4 Å². The van der Waals surface area contributed by atoms with Gasteiger partial charge in [0.05, 0.1) is 29.4 Å². The standard InChI is InChI=1S/C16H20N4O2/c1-10-4-3-5-14(21)12-8-11(6-7-17-12)15-13(19-16(10)22)9-18-20(15)2/h6-10,14,21H,3-5H2,1-2H3,(H,19,22)/t10-,14?/m1/s1. The lowest BCUT2D eigenvalue weighted by molar-refractivity contribution is -0.119. The topological polar surface area (TPSA) is 80.0 Å². The summed E-state index contributed by atoms with van der Waals surface area (Å²) in [7, 11) is 1.83. The number of aryl methyl sites for hydroxylation is 1. The summed E-state index contributed by atoms with van der Waals surface area (Å²) in [6.45, 7) is 1.90. The molecule has 1 amide bonds. The molecule has 0 fully saturated rings. The molecule has 0 aromatic carbocycles. The summed E-state index contributed by atoms with van der Waals surface area (Å²) >= 11 is 0. The molecule has 6 heteroatoms. The second-order valence-corrected chi connectivity index (χ2v) is 5.84. The van der Waals surface area contributed by atoms with Crippen LogP contribution in [-0.4, -0.2) is 25.8 Å². The summed E-state index contributed by atoms with van der Waals surface area (Å²) in [5.41, 5.74) is 3.04. The molecule has 3 heterocycles. The third-order valence-corrected chi connectivity index (χ3v) is 4.15. The molecule has 22 heavy (non-hydrogen) atoms. The highest BCUT2D eigenvalue weighted by Crippen LogP contribution is 2.31. The molecule has 2 aromatic rings. The summed E-state index contributed by atoms with van der Waals surface area (Å²) in [5.74, 6) is -0.121. The number of aliphatic hydroxyl groups is 1. The quantitative estimate of drug-likeness (QED) is 0.782. The van der Waals surface area contributed by atoms with Crippen molar-refractivity contribution in [1.82, 2.24) is 14.8 Å². The van der Waals surface area contributed by atoms with Gasteiger partial charge in [0.15, 0.2) is 0 Å². The molecule has 0 saturated carbocycles. The van der Waals surface area contributed by atoms with Crippen LogP contribution in [-0.2, 0) is 11.8 Å². The smallest absolute Gasteiger partial charge is 0.227 e. The number of anilines is 1. The van der Waals surface area contributed by atoms with Crippen molar-refractivity contribution >= 4 is 11.6 Å². The largest absolute Gasteiger partial charge is 0.387 e. The van der Waals surface area contributed by atoms with Crippen molar-refractivity contribution in [2.75, 3.05) is 5.32 Å². The maximum atomic E-state index is 12.3. The summed E-state index contributed by atoms with van der Waals surface area (Å²) in [5, 5.41) is 17.5. The van der Waals surface area contributed by atoms with Crippen LogP contribution in [0.5, 0.6) is 0 Å². The van der Waals surface area contributed by atoms with Gasteiger partial charge in [-0.25, -0.2) is 0 Å². The Morgan fingerprint density at radius 2 is 2.23 bits per heavy atom. The molecule has 0 aliphatic carbocycles. The number of nitrogens with zero attached hydrogens (tertiary/aromatic N) is 3. The molecule has 6 nitrogen and oxygen atoms in total. The average molecular weight is 300 g/mol. The van der Waals surface area contributed by atoms with Gasteiger partial charge in [-0.3, -0.25) is 14.5 Å². The van der Waals surface area contributed by atoms with E-state index < -0.39 is 6.10 Å². The van der Waals surface area contributed by atoms with Crippen molar-refractivity contribution in [1.29, 1.82) is 0 Å². The van der Waals surface area contributed by atoms with Crippen LogP contribution in [0.4, 0.5) is 5.69 Å². The van der Waals surface area contributed by atoms with Gasteiger partial charge in [0.2, 0.25) is 5.91 Å². The Kier molecular flexibility index (Phi) is 3.94. The third-order valence-electron chi connectivity index (χ3n) is 4.15. The number of pyridine rings is 1. The molecule has 1 unspecified atom stereocenters. The first kappa shape index (κ1) is 14.7. The average Bonchev–Trinajstić information content (AvgIpc) is 2.87. The summed E-state index contributed by atoms with van der Waals surface area (Å²) in [4.78, 5) is 16.6. The Labute approximate surface area is 129 Å². The normalized spacial score (nSPS) is 22.2. The summed E-state index contributed by atoms with van der Waals surface area (Å²) in [6.07, 6.45) is 4.85. The molecule has 2 bridgehead atoms. The molecule has 116 valence electrons. The second kappa shape index (κ2) is 5.88. The molecule has 0 spiro atoms. The monoisotopic (exact) mass is 300 g/mol. The number of nitrogens with one attached hydrogen (secondary N) is 1. The highest BCUT2D eigenvalue weighted by atomic mass is 16.3. The first-order valence-corrected chi connectivity index (χ1v) is 7.53. The highest BCUT2D eigenvalue weighted by Gasteiger charge is 2.20. The lowest BCUT2D eigenvalue weighted by Gasteiger charge is -2.17. The number of fused-ring (bicyclic) bond motifs is 4. The molecule has 1 aliphatic heterocycles. The molecule has 2 aromatic heterocycles. The molecule has 1 aliphatic rings. The number of rotatable bonds is 0. The SMILES string of the molecule is C[C@@H]1CCCC(O)c2cc(ccn2)-c2c(cnn2C)NC1=O. The number of hydrogen-bond acceptors (Lipinski definition) is 4.